The molecule has 3 rings (SSSR count). The Morgan fingerprint density at radius 1 is 1.20 bits per heavy atom. The van der Waals surface area contributed by atoms with Gasteiger partial charge < -0.3 is 5.32 Å². The zero-order valence-corrected chi connectivity index (χ0v) is 12.2. The number of benzene rings is 1. The van der Waals surface area contributed by atoms with Gasteiger partial charge in [0, 0.05) is 28.3 Å². The molecular weight excluding hydrogens is 318 g/mol. The van der Waals surface area contributed by atoms with Crippen LogP contribution in [0.5, 0.6) is 0 Å². The Bertz CT molecular complexity index is 749. The van der Waals surface area contributed by atoms with Gasteiger partial charge in [-0.05, 0) is 36.4 Å². The van der Waals surface area contributed by atoms with Crippen LogP contribution < -0.4 is 5.32 Å². The topological polar surface area (TPSA) is 46.4 Å². The van der Waals surface area contributed by atoms with E-state index in [1.165, 1.54) is 0 Å². The van der Waals surface area contributed by atoms with E-state index in [9.17, 15) is 4.79 Å². The van der Waals surface area contributed by atoms with Crippen LogP contribution in [0.15, 0.2) is 59.3 Å². The third kappa shape index (κ3) is 2.58. The van der Waals surface area contributed by atoms with Gasteiger partial charge in [0.2, 0.25) is 0 Å². The molecule has 0 aliphatic carbocycles. The van der Waals surface area contributed by atoms with Crippen molar-refractivity contribution in [2.24, 2.45) is 0 Å². The van der Waals surface area contributed by atoms with E-state index < -0.39 is 0 Å². The summed E-state index contributed by atoms with van der Waals surface area (Å²) in [6.07, 6.45) is 3.66. The van der Waals surface area contributed by atoms with E-state index in [0.29, 0.717) is 12.1 Å². The highest BCUT2D eigenvalue weighted by Crippen LogP contribution is 2.12. The van der Waals surface area contributed by atoms with E-state index >= 15 is 0 Å². The molecule has 0 aliphatic heterocycles. The van der Waals surface area contributed by atoms with Crippen molar-refractivity contribution >= 4 is 27.4 Å². The lowest BCUT2D eigenvalue weighted by Gasteiger charge is -2.04. The second-order valence-electron chi connectivity index (χ2n) is 4.39. The fourth-order valence-corrected chi connectivity index (χ4v) is 2.27. The Hall–Kier alpha value is -2.14. The van der Waals surface area contributed by atoms with E-state index in [2.05, 4.69) is 26.3 Å². The van der Waals surface area contributed by atoms with Gasteiger partial charge in [-0.15, -0.1) is 0 Å². The smallest absolute Gasteiger partial charge is 0.251 e. The summed E-state index contributed by atoms with van der Waals surface area (Å²) in [5.74, 6) is -0.0900. The van der Waals surface area contributed by atoms with Crippen LogP contribution in [0.3, 0.4) is 0 Å². The minimum absolute atomic E-state index is 0.0900. The first-order valence-electron chi connectivity index (χ1n) is 6.19. The van der Waals surface area contributed by atoms with Crippen molar-refractivity contribution in [3.05, 3.63) is 70.5 Å². The molecule has 0 radical (unpaired) electrons. The van der Waals surface area contributed by atoms with Crippen LogP contribution >= 0.6 is 15.9 Å². The summed E-state index contributed by atoms with van der Waals surface area (Å²) in [5, 5.41) is 7.15. The predicted molar refractivity (Wildman–Crippen MR) is 80.5 cm³/mol. The van der Waals surface area contributed by atoms with Gasteiger partial charge in [0.05, 0.1) is 11.7 Å². The van der Waals surface area contributed by atoms with Crippen molar-refractivity contribution in [1.29, 1.82) is 0 Å². The van der Waals surface area contributed by atoms with Crippen molar-refractivity contribution in [2.75, 3.05) is 0 Å². The van der Waals surface area contributed by atoms with Gasteiger partial charge in [0.15, 0.2) is 0 Å². The molecule has 1 amide bonds. The Labute approximate surface area is 124 Å². The second kappa shape index (κ2) is 5.46. The summed E-state index contributed by atoms with van der Waals surface area (Å²) >= 11 is 3.35. The maximum atomic E-state index is 12.0. The van der Waals surface area contributed by atoms with E-state index in [-0.39, 0.29) is 5.91 Å². The number of amides is 1. The summed E-state index contributed by atoms with van der Waals surface area (Å²) < 4.78 is 2.75. The number of hydrogen-bond acceptors (Lipinski definition) is 2. The molecule has 1 aromatic carbocycles. The molecule has 2 aromatic heterocycles. The quantitative estimate of drug-likeness (QED) is 0.802. The van der Waals surface area contributed by atoms with Crippen molar-refractivity contribution in [3.63, 3.8) is 0 Å². The third-order valence-corrected chi connectivity index (χ3v) is 3.58. The first kappa shape index (κ1) is 12.9. The van der Waals surface area contributed by atoms with Crippen LogP contribution in [0.4, 0.5) is 0 Å². The Balaban J connectivity index is 1.73. The molecule has 20 heavy (non-hydrogen) atoms. The van der Waals surface area contributed by atoms with E-state index in [1.807, 2.05) is 36.5 Å². The number of aromatic nitrogens is 2. The van der Waals surface area contributed by atoms with E-state index in [0.717, 1.165) is 15.6 Å². The van der Waals surface area contributed by atoms with Crippen LogP contribution in [-0.2, 0) is 6.54 Å². The molecule has 0 fully saturated rings. The second-order valence-corrected chi connectivity index (χ2v) is 5.31. The van der Waals surface area contributed by atoms with Gasteiger partial charge in [0.1, 0.15) is 0 Å². The van der Waals surface area contributed by atoms with Crippen LogP contribution in [-0.4, -0.2) is 15.5 Å². The SMILES string of the molecule is O=C(NCc1cnn2ccccc12)c1ccc(Br)cc1. The molecule has 1 N–H and O–H groups in total. The zero-order valence-electron chi connectivity index (χ0n) is 10.6. The maximum Gasteiger partial charge on any atom is 0.251 e. The lowest BCUT2D eigenvalue weighted by atomic mass is 10.2. The standard InChI is InChI=1S/C15H12BrN3O/c16-13-6-4-11(5-7-13)15(20)17-9-12-10-18-19-8-2-1-3-14(12)19/h1-8,10H,9H2,(H,17,20). The first-order valence-corrected chi connectivity index (χ1v) is 6.98. The van der Waals surface area contributed by atoms with Crippen molar-refractivity contribution < 1.29 is 4.79 Å². The highest BCUT2D eigenvalue weighted by atomic mass is 79.9. The summed E-state index contributed by atoms with van der Waals surface area (Å²) in [6.45, 7) is 0.461. The molecule has 0 saturated heterocycles. The van der Waals surface area contributed by atoms with Crippen LogP contribution in [0, 0.1) is 0 Å². The number of hydrogen-bond donors (Lipinski definition) is 1. The molecule has 100 valence electrons. The van der Waals surface area contributed by atoms with Gasteiger partial charge in [-0.2, -0.15) is 5.10 Å². The van der Waals surface area contributed by atoms with Gasteiger partial charge in [0.25, 0.3) is 5.91 Å². The largest absolute Gasteiger partial charge is 0.348 e. The summed E-state index contributed by atoms with van der Waals surface area (Å²) in [4.78, 5) is 12.0. The van der Waals surface area contributed by atoms with E-state index in [1.54, 1.807) is 22.8 Å². The van der Waals surface area contributed by atoms with Gasteiger partial charge in [-0.1, -0.05) is 22.0 Å². The molecule has 0 bridgehead atoms. The summed E-state index contributed by atoms with van der Waals surface area (Å²) in [6, 6.07) is 13.1. The Kier molecular flexibility index (Phi) is 3.52. The monoisotopic (exact) mass is 329 g/mol. The molecule has 0 atom stereocenters. The fourth-order valence-electron chi connectivity index (χ4n) is 2.00. The highest BCUT2D eigenvalue weighted by Gasteiger charge is 2.07. The number of pyridine rings is 1. The summed E-state index contributed by atoms with van der Waals surface area (Å²) in [5.41, 5.74) is 2.64. The molecular formula is C15H12BrN3O. The molecule has 3 aromatic rings. The highest BCUT2D eigenvalue weighted by molar-refractivity contribution is 9.10. The number of halogens is 1. The number of nitrogens with one attached hydrogen (secondary N) is 1. The molecule has 4 nitrogen and oxygen atoms in total. The lowest BCUT2D eigenvalue weighted by molar-refractivity contribution is 0.0951. The molecule has 0 saturated carbocycles. The summed E-state index contributed by atoms with van der Waals surface area (Å²) in [7, 11) is 0. The number of carbonyl (C=O) groups excluding carboxylic acids is 1. The lowest BCUT2D eigenvalue weighted by Crippen LogP contribution is -2.22. The first-order chi connectivity index (χ1) is 9.74. The Morgan fingerprint density at radius 3 is 2.80 bits per heavy atom. The average molecular weight is 330 g/mol. The number of fused-ring (bicyclic) bond motifs is 1. The average Bonchev–Trinajstić information content (AvgIpc) is 2.89. The fraction of sp³-hybridized carbons (Fsp3) is 0.0667. The van der Waals surface area contributed by atoms with Gasteiger partial charge >= 0.3 is 0 Å². The molecule has 2 heterocycles. The van der Waals surface area contributed by atoms with Crippen molar-refractivity contribution in [1.82, 2.24) is 14.9 Å². The van der Waals surface area contributed by atoms with Crippen molar-refractivity contribution in [3.8, 4) is 0 Å². The van der Waals surface area contributed by atoms with Gasteiger partial charge in [-0.3, -0.25) is 4.79 Å². The predicted octanol–water partition coefficient (Wildman–Crippen LogP) is 3.03. The number of nitrogens with zero attached hydrogens (tertiary/aromatic N) is 2. The minimum atomic E-state index is -0.0900. The van der Waals surface area contributed by atoms with Crippen molar-refractivity contribution in [2.45, 2.75) is 6.54 Å². The van der Waals surface area contributed by atoms with Gasteiger partial charge in [-0.25, -0.2) is 4.52 Å². The Morgan fingerprint density at radius 2 is 2.00 bits per heavy atom. The third-order valence-electron chi connectivity index (χ3n) is 3.05. The molecule has 5 heteroatoms. The zero-order chi connectivity index (χ0) is 13.9. The molecule has 0 spiro atoms. The minimum Gasteiger partial charge on any atom is -0.348 e. The van der Waals surface area contributed by atoms with Crippen LogP contribution in [0.25, 0.3) is 5.52 Å². The normalized spacial score (nSPS) is 10.7. The maximum absolute atomic E-state index is 12.0. The molecule has 0 unspecified atom stereocenters. The number of rotatable bonds is 3. The van der Waals surface area contributed by atoms with Crippen LogP contribution in [0.1, 0.15) is 15.9 Å². The van der Waals surface area contributed by atoms with E-state index in [4.69, 9.17) is 0 Å². The number of carbonyl (C=O) groups is 1. The van der Waals surface area contributed by atoms with Crippen LogP contribution in [0.2, 0.25) is 0 Å². The molecule has 0 aliphatic rings.